The Morgan fingerprint density at radius 3 is 2.91 bits per heavy atom. The largest absolute Gasteiger partial charge is 0.367 e. The fourth-order valence-corrected chi connectivity index (χ4v) is 3.00. The summed E-state index contributed by atoms with van der Waals surface area (Å²) in [7, 11) is 1.56. The van der Waals surface area contributed by atoms with Crippen LogP contribution in [0, 0.1) is 6.92 Å². The number of rotatable bonds is 4. The topological polar surface area (TPSA) is 56.1 Å². The lowest BCUT2D eigenvalue weighted by atomic mass is 10.1. The molecule has 0 fully saturated rings. The van der Waals surface area contributed by atoms with Crippen LogP contribution in [0.4, 0.5) is 0 Å². The van der Waals surface area contributed by atoms with E-state index in [0.717, 1.165) is 36.5 Å². The van der Waals surface area contributed by atoms with Gasteiger partial charge in [0.15, 0.2) is 6.10 Å². The highest BCUT2D eigenvalue weighted by molar-refractivity contribution is 5.82. The van der Waals surface area contributed by atoms with Gasteiger partial charge in [-0.1, -0.05) is 30.3 Å². The third-order valence-corrected chi connectivity index (χ3v) is 4.04. The van der Waals surface area contributed by atoms with Gasteiger partial charge in [-0.2, -0.15) is 0 Å². The third kappa shape index (κ3) is 3.04. The number of carbonyl (C=O) groups excluding carboxylic acids is 1. The smallest absolute Gasteiger partial charge is 0.254 e. The van der Waals surface area contributed by atoms with Crippen molar-refractivity contribution in [2.24, 2.45) is 0 Å². The predicted octanol–water partition coefficient (Wildman–Crippen LogP) is 2.01. The van der Waals surface area contributed by atoms with Crippen LogP contribution in [0.3, 0.4) is 0 Å². The molecule has 5 heteroatoms. The summed E-state index contributed by atoms with van der Waals surface area (Å²) >= 11 is 0. The summed E-state index contributed by atoms with van der Waals surface area (Å²) < 4.78 is 7.52. The Hall–Kier alpha value is -2.14. The van der Waals surface area contributed by atoms with E-state index in [1.54, 1.807) is 7.11 Å². The lowest BCUT2D eigenvalue weighted by Gasteiger charge is -2.26. The second kappa shape index (κ2) is 6.32. The van der Waals surface area contributed by atoms with Gasteiger partial charge in [0.25, 0.3) is 5.91 Å². The Kier molecular flexibility index (Phi) is 4.24. The van der Waals surface area contributed by atoms with E-state index < -0.39 is 6.10 Å². The zero-order chi connectivity index (χ0) is 15.5. The highest BCUT2D eigenvalue weighted by Crippen LogP contribution is 2.19. The lowest BCUT2D eigenvalue weighted by molar-refractivity contribution is -0.132. The van der Waals surface area contributed by atoms with Crippen LogP contribution in [0.2, 0.25) is 0 Å². The van der Waals surface area contributed by atoms with Crippen molar-refractivity contribution in [3.8, 4) is 0 Å². The van der Waals surface area contributed by atoms with Crippen LogP contribution in [-0.2, 0) is 22.5 Å². The first kappa shape index (κ1) is 14.8. The van der Waals surface area contributed by atoms with Gasteiger partial charge in [-0.3, -0.25) is 4.79 Å². The number of amides is 1. The number of nitrogens with zero attached hydrogens (tertiary/aromatic N) is 2. The molecule has 116 valence electrons. The molecule has 2 unspecified atom stereocenters. The van der Waals surface area contributed by atoms with E-state index in [9.17, 15) is 4.79 Å². The van der Waals surface area contributed by atoms with Crippen LogP contribution in [0.1, 0.15) is 29.6 Å². The van der Waals surface area contributed by atoms with Crippen LogP contribution >= 0.6 is 0 Å². The highest BCUT2D eigenvalue weighted by atomic mass is 16.5. The molecule has 0 aliphatic carbocycles. The molecule has 1 aliphatic rings. The number of aromatic nitrogens is 2. The zero-order valence-corrected chi connectivity index (χ0v) is 13.0. The van der Waals surface area contributed by atoms with Gasteiger partial charge in [-0.05, 0) is 18.9 Å². The molecule has 1 N–H and O–H groups in total. The predicted molar refractivity (Wildman–Crippen MR) is 83.4 cm³/mol. The third-order valence-electron chi connectivity index (χ3n) is 4.04. The fraction of sp³-hybridized carbons (Fsp3) is 0.412. The molecule has 1 amide bonds. The maximum Gasteiger partial charge on any atom is 0.254 e. The number of ether oxygens (including phenoxy) is 1. The summed E-state index contributed by atoms with van der Waals surface area (Å²) in [5.41, 5.74) is 1.90. The quantitative estimate of drug-likeness (QED) is 0.939. The van der Waals surface area contributed by atoms with Crippen molar-refractivity contribution in [1.29, 1.82) is 0 Å². The molecule has 5 nitrogen and oxygen atoms in total. The van der Waals surface area contributed by atoms with Gasteiger partial charge < -0.3 is 14.6 Å². The Morgan fingerprint density at radius 1 is 1.41 bits per heavy atom. The second-order valence-electron chi connectivity index (χ2n) is 5.72. The summed E-state index contributed by atoms with van der Waals surface area (Å²) in [6.45, 7) is 2.77. The van der Waals surface area contributed by atoms with Gasteiger partial charge in [0.2, 0.25) is 0 Å². The summed E-state index contributed by atoms with van der Waals surface area (Å²) in [6.07, 6.45) is 3.28. The second-order valence-corrected chi connectivity index (χ2v) is 5.72. The number of aryl methyl sites for hydroxylation is 2. The minimum Gasteiger partial charge on any atom is -0.367 e. The first-order valence-electron chi connectivity index (χ1n) is 7.58. The lowest BCUT2D eigenvalue weighted by Crippen LogP contribution is -2.43. The van der Waals surface area contributed by atoms with Crippen LogP contribution in [0.25, 0.3) is 0 Å². The number of fused-ring (bicyclic) bond motifs is 1. The Bertz CT molecular complexity index is 651. The van der Waals surface area contributed by atoms with E-state index in [1.165, 1.54) is 0 Å². The number of carbonyl (C=O) groups is 1. The van der Waals surface area contributed by atoms with Crippen molar-refractivity contribution in [1.82, 2.24) is 14.9 Å². The van der Waals surface area contributed by atoms with Gasteiger partial charge in [0.1, 0.15) is 5.82 Å². The molecular weight excluding hydrogens is 278 g/mol. The molecule has 3 rings (SSSR count). The first-order valence-corrected chi connectivity index (χ1v) is 7.58. The molecule has 2 atom stereocenters. The Morgan fingerprint density at radius 2 is 2.18 bits per heavy atom. The van der Waals surface area contributed by atoms with E-state index in [-0.39, 0.29) is 11.9 Å². The minimum atomic E-state index is -0.563. The highest BCUT2D eigenvalue weighted by Gasteiger charge is 2.25. The van der Waals surface area contributed by atoms with Gasteiger partial charge in [0.05, 0.1) is 5.69 Å². The van der Waals surface area contributed by atoms with E-state index in [1.807, 2.05) is 43.5 Å². The van der Waals surface area contributed by atoms with Gasteiger partial charge in [-0.15, -0.1) is 0 Å². The summed E-state index contributed by atoms with van der Waals surface area (Å²) in [5.74, 6) is 1.02. The molecule has 0 saturated carbocycles. The van der Waals surface area contributed by atoms with Crippen LogP contribution in [0.5, 0.6) is 0 Å². The molecule has 2 heterocycles. The molecule has 1 aromatic heterocycles. The molecule has 1 aromatic carbocycles. The Labute approximate surface area is 130 Å². The minimum absolute atomic E-state index is 0.0843. The van der Waals surface area contributed by atoms with Crippen molar-refractivity contribution < 1.29 is 9.53 Å². The van der Waals surface area contributed by atoms with Crippen molar-refractivity contribution in [2.45, 2.75) is 38.5 Å². The molecule has 0 bridgehead atoms. The monoisotopic (exact) mass is 299 g/mol. The first-order chi connectivity index (χ1) is 10.7. The molecular formula is C17H21N3O2. The van der Waals surface area contributed by atoms with Gasteiger partial charge in [0, 0.05) is 32.3 Å². The molecule has 0 radical (unpaired) electrons. The van der Waals surface area contributed by atoms with Crippen LogP contribution in [-0.4, -0.2) is 28.6 Å². The van der Waals surface area contributed by atoms with Gasteiger partial charge >= 0.3 is 0 Å². The van der Waals surface area contributed by atoms with Crippen LogP contribution < -0.4 is 5.32 Å². The number of hydrogen-bond acceptors (Lipinski definition) is 3. The number of methoxy groups -OCH3 is 1. The summed E-state index contributed by atoms with van der Waals surface area (Å²) in [4.78, 5) is 17.0. The number of hydrogen-bond donors (Lipinski definition) is 1. The number of benzene rings is 1. The van der Waals surface area contributed by atoms with Crippen molar-refractivity contribution in [2.75, 3.05) is 7.11 Å². The van der Waals surface area contributed by atoms with Gasteiger partial charge in [-0.25, -0.2) is 4.98 Å². The standard InChI is InChI=1S/C17H21N3O2/c1-12-10-20-11-14(8-9-15(20)18-12)19-17(21)16(22-2)13-6-4-3-5-7-13/h3-7,10,14,16H,8-9,11H2,1-2H3,(H,19,21). The van der Waals surface area contributed by atoms with Crippen LogP contribution in [0.15, 0.2) is 36.5 Å². The molecule has 0 saturated heterocycles. The number of imidazole rings is 1. The Balaban J connectivity index is 1.67. The molecule has 2 aromatic rings. The van der Waals surface area contributed by atoms with E-state index in [0.29, 0.717) is 0 Å². The van der Waals surface area contributed by atoms with Crippen molar-refractivity contribution >= 4 is 5.91 Å². The average molecular weight is 299 g/mol. The molecule has 22 heavy (non-hydrogen) atoms. The fourth-order valence-electron chi connectivity index (χ4n) is 3.00. The summed E-state index contributed by atoms with van der Waals surface area (Å²) in [6, 6.07) is 9.69. The van der Waals surface area contributed by atoms with E-state index >= 15 is 0 Å². The van der Waals surface area contributed by atoms with E-state index in [2.05, 4.69) is 14.9 Å². The normalized spacial score (nSPS) is 18.5. The number of nitrogens with one attached hydrogen (secondary N) is 1. The molecule has 0 spiro atoms. The van der Waals surface area contributed by atoms with Crippen molar-refractivity contribution in [3.05, 3.63) is 53.6 Å². The SMILES string of the molecule is COC(C(=O)NC1CCc2nc(C)cn2C1)c1ccccc1. The maximum absolute atomic E-state index is 12.5. The maximum atomic E-state index is 12.5. The average Bonchev–Trinajstić information content (AvgIpc) is 2.88. The zero-order valence-electron chi connectivity index (χ0n) is 13.0. The van der Waals surface area contributed by atoms with Crippen molar-refractivity contribution in [3.63, 3.8) is 0 Å². The molecule has 1 aliphatic heterocycles. The van der Waals surface area contributed by atoms with E-state index in [4.69, 9.17) is 4.74 Å². The summed E-state index contributed by atoms with van der Waals surface area (Å²) in [5, 5.41) is 3.11.